The number of hydrogen-bond acceptors (Lipinski definition) is 4. The van der Waals surface area contributed by atoms with Crippen molar-refractivity contribution in [3.05, 3.63) is 73.6 Å². The van der Waals surface area contributed by atoms with Crippen LogP contribution in [0.2, 0.25) is 10.0 Å². The molecule has 134 valence electrons. The second-order valence-electron chi connectivity index (χ2n) is 5.70. The van der Waals surface area contributed by atoms with Gasteiger partial charge in [-0.2, -0.15) is 0 Å². The molecule has 2 N–H and O–H groups in total. The van der Waals surface area contributed by atoms with Crippen molar-refractivity contribution in [3.8, 4) is 0 Å². The first kappa shape index (κ1) is 18.4. The van der Waals surface area contributed by atoms with Crippen molar-refractivity contribution in [2.24, 2.45) is 0 Å². The van der Waals surface area contributed by atoms with Crippen molar-refractivity contribution in [3.63, 3.8) is 0 Å². The summed E-state index contributed by atoms with van der Waals surface area (Å²) in [7, 11) is 0. The fourth-order valence-corrected chi connectivity index (χ4v) is 3.14. The van der Waals surface area contributed by atoms with E-state index in [1.54, 1.807) is 24.4 Å². The molecule has 0 bridgehead atoms. The highest BCUT2D eigenvalue weighted by atomic mass is 35.5. The van der Waals surface area contributed by atoms with E-state index >= 15 is 0 Å². The van der Waals surface area contributed by atoms with Crippen molar-refractivity contribution in [1.29, 1.82) is 0 Å². The number of carbonyl (C=O) groups is 1. The molecule has 0 unspecified atom stereocenters. The minimum Gasteiger partial charge on any atom is -0.477 e. The third-order valence-corrected chi connectivity index (χ3v) is 4.83. The molecule has 0 aliphatic heterocycles. The summed E-state index contributed by atoms with van der Waals surface area (Å²) >= 11 is 12.2. The number of hydrogen-bond donors (Lipinski definition) is 2. The van der Waals surface area contributed by atoms with Crippen molar-refractivity contribution in [1.82, 2.24) is 9.55 Å². The molecule has 0 aliphatic rings. The van der Waals surface area contributed by atoms with Crippen molar-refractivity contribution in [2.75, 3.05) is 6.61 Å². The van der Waals surface area contributed by atoms with Gasteiger partial charge in [-0.3, -0.25) is 4.79 Å². The van der Waals surface area contributed by atoms with Crippen molar-refractivity contribution in [2.45, 2.75) is 13.0 Å². The van der Waals surface area contributed by atoms with Gasteiger partial charge >= 0.3 is 5.97 Å². The van der Waals surface area contributed by atoms with Gasteiger partial charge in [0, 0.05) is 25.4 Å². The Morgan fingerprint density at radius 3 is 2.73 bits per heavy atom. The van der Waals surface area contributed by atoms with Gasteiger partial charge in [-0.05, 0) is 23.3 Å². The van der Waals surface area contributed by atoms with Crippen LogP contribution >= 0.6 is 23.2 Å². The van der Waals surface area contributed by atoms with Crippen LogP contribution in [0.15, 0.2) is 41.5 Å². The first-order valence-corrected chi connectivity index (χ1v) is 8.47. The molecule has 0 fully saturated rings. The van der Waals surface area contributed by atoms with E-state index in [0.29, 0.717) is 27.7 Å². The molecule has 0 radical (unpaired) electrons. The van der Waals surface area contributed by atoms with Gasteiger partial charge in [0.25, 0.3) is 0 Å². The van der Waals surface area contributed by atoms with Crippen LogP contribution < -0.4 is 5.43 Å². The fraction of sp³-hybridized carbons (Fsp3) is 0.167. The number of aliphatic hydroxyl groups excluding tert-OH is 1. The number of aliphatic hydroxyl groups is 1. The van der Waals surface area contributed by atoms with E-state index in [1.807, 2.05) is 6.07 Å². The summed E-state index contributed by atoms with van der Waals surface area (Å²) in [4.78, 5) is 28.2. The normalized spacial score (nSPS) is 11.0. The van der Waals surface area contributed by atoms with Crippen LogP contribution in [0.5, 0.6) is 0 Å². The average molecular weight is 393 g/mol. The quantitative estimate of drug-likeness (QED) is 0.695. The number of nitrogens with zero attached hydrogens (tertiary/aromatic N) is 2. The molecule has 0 amide bonds. The Bertz CT molecular complexity index is 1060. The van der Waals surface area contributed by atoms with E-state index < -0.39 is 11.4 Å². The lowest BCUT2D eigenvalue weighted by Gasteiger charge is -2.12. The molecule has 2 heterocycles. The zero-order valence-corrected chi connectivity index (χ0v) is 15.0. The molecule has 0 aliphatic carbocycles. The lowest BCUT2D eigenvalue weighted by molar-refractivity contribution is 0.0694. The van der Waals surface area contributed by atoms with E-state index in [0.717, 1.165) is 5.56 Å². The third-order valence-electron chi connectivity index (χ3n) is 3.97. The zero-order chi connectivity index (χ0) is 18.8. The molecule has 6 nitrogen and oxygen atoms in total. The van der Waals surface area contributed by atoms with Crippen LogP contribution in [0.4, 0.5) is 0 Å². The number of carboxylic acids is 1. The number of benzene rings is 1. The van der Waals surface area contributed by atoms with Crippen molar-refractivity contribution < 1.29 is 15.0 Å². The van der Waals surface area contributed by atoms with Gasteiger partial charge in [-0.15, -0.1) is 0 Å². The highest BCUT2D eigenvalue weighted by Crippen LogP contribution is 2.27. The van der Waals surface area contributed by atoms with Gasteiger partial charge in [0.05, 0.1) is 22.0 Å². The summed E-state index contributed by atoms with van der Waals surface area (Å²) in [6.45, 7) is -0.0812. The van der Waals surface area contributed by atoms with E-state index in [4.69, 9.17) is 23.2 Å². The van der Waals surface area contributed by atoms with Crippen LogP contribution in [-0.4, -0.2) is 32.3 Å². The molecule has 3 rings (SSSR count). The Morgan fingerprint density at radius 1 is 1.27 bits per heavy atom. The van der Waals surface area contributed by atoms with Crippen LogP contribution in [0.25, 0.3) is 11.0 Å². The number of halogens is 2. The minimum atomic E-state index is -1.33. The van der Waals surface area contributed by atoms with E-state index in [-0.39, 0.29) is 24.1 Å². The summed E-state index contributed by atoms with van der Waals surface area (Å²) in [5.41, 5.74) is 0.788. The van der Waals surface area contributed by atoms with Gasteiger partial charge in [0.15, 0.2) is 0 Å². The first-order chi connectivity index (χ1) is 12.4. The maximum absolute atomic E-state index is 12.5. The molecule has 1 aromatic carbocycles. The number of fused-ring (bicyclic) bond motifs is 1. The highest BCUT2D eigenvalue weighted by molar-refractivity contribution is 6.42. The van der Waals surface area contributed by atoms with Crippen LogP contribution in [0, 0.1) is 0 Å². The Kier molecular flexibility index (Phi) is 5.27. The molecule has 26 heavy (non-hydrogen) atoms. The average Bonchev–Trinajstić information content (AvgIpc) is 2.61. The van der Waals surface area contributed by atoms with E-state index in [9.17, 15) is 19.8 Å². The number of aromatic carboxylic acids is 1. The third kappa shape index (κ3) is 3.44. The second kappa shape index (κ2) is 7.45. The predicted octanol–water partition coefficient (Wildman–Crippen LogP) is 2.98. The standard InChI is InChI=1S/C18H14Cl2N2O4/c19-14-3-1-2-11(15(14)20)6-10-7-12-16(24)13(18(25)26)9-22(4-5-23)17(12)21-8-10/h1-3,7-9,23H,4-6H2,(H,25,26). The van der Waals surface area contributed by atoms with Crippen LogP contribution in [-0.2, 0) is 13.0 Å². The Hall–Kier alpha value is -2.41. The Morgan fingerprint density at radius 2 is 2.04 bits per heavy atom. The summed E-state index contributed by atoms with van der Waals surface area (Å²) in [5, 5.41) is 19.5. The maximum atomic E-state index is 12.5. The number of rotatable bonds is 5. The lowest BCUT2D eigenvalue weighted by Crippen LogP contribution is -2.20. The Balaban J connectivity index is 2.15. The van der Waals surface area contributed by atoms with E-state index in [2.05, 4.69) is 4.98 Å². The molecule has 0 atom stereocenters. The SMILES string of the molecule is O=C(O)c1cn(CCO)c2ncc(Cc3cccc(Cl)c3Cl)cc2c1=O. The van der Waals surface area contributed by atoms with Crippen molar-refractivity contribution >= 4 is 40.2 Å². The first-order valence-electron chi connectivity index (χ1n) is 7.71. The summed E-state index contributed by atoms with van der Waals surface area (Å²) < 4.78 is 1.45. The molecule has 2 aromatic heterocycles. The summed E-state index contributed by atoms with van der Waals surface area (Å²) in [6.07, 6.45) is 3.18. The smallest absolute Gasteiger partial charge is 0.341 e. The molecular formula is C18H14Cl2N2O4. The summed E-state index contributed by atoms with van der Waals surface area (Å²) in [6, 6.07) is 6.87. The molecule has 0 saturated carbocycles. The maximum Gasteiger partial charge on any atom is 0.341 e. The molecule has 8 heteroatoms. The molecule has 0 saturated heterocycles. The fourth-order valence-electron chi connectivity index (χ4n) is 2.75. The van der Waals surface area contributed by atoms with Gasteiger partial charge in [0.2, 0.25) is 5.43 Å². The highest BCUT2D eigenvalue weighted by Gasteiger charge is 2.16. The number of pyridine rings is 2. The zero-order valence-electron chi connectivity index (χ0n) is 13.4. The van der Waals surface area contributed by atoms with Gasteiger partial charge < -0.3 is 14.8 Å². The molecule has 3 aromatic rings. The second-order valence-corrected chi connectivity index (χ2v) is 6.48. The van der Waals surface area contributed by atoms with Gasteiger partial charge in [0.1, 0.15) is 11.2 Å². The largest absolute Gasteiger partial charge is 0.477 e. The van der Waals surface area contributed by atoms with Crippen LogP contribution in [0.1, 0.15) is 21.5 Å². The number of aromatic nitrogens is 2. The van der Waals surface area contributed by atoms with Gasteiger partial charge in [-0.25, -0.2) is 9.78 Å². The molecule has 0 spiro atoms. The summed E-state index contributed by atoms with van der Waals surface area (Å²) in [5.74, 6) is -1.33. The number of carboxylic acid groups (broad SMARTS) is 1. The van der Waals surface area contributed by atoms with E-state index in [1.165, 1.54) is 10.8 Å². The topological polar surface area (TPSA) is 92.4 Å². The van der Waals surface area contributed by atoms with Crippen LogP contribution in [0.3, 0.4) is 0 Å². The minimum absolute atomic E-state index is 0.129. The lowest BCUT2D eigenvalue weighted by atomic mass is 10.0. The Labute approximate surface area is 158 Å². The predicted molar refractivity (Wildman–Crippen MR) is 99.3 cm³/mol. The molecular weight excluding hydrogens is 379 g/mol. The monoisotopic (exact) mass is 392 g/mol. The van der Waals surface area contributed by atoms with Gasteiger partial charge in [-0.1, -0.05) is 35.3 Å².